The lowest BCUT2D eigenvalue weighted by molar-refractivity contribution is 0.104. The third kappa shape index (κ3) is 8.98. The van der Waals surface area contributed by atoms with Crippen LogP contribution in [0.5, 0.6) is 5.75 Å². The zero-order valence-corrected chi connectivity index (χ0v) is 25.8. The number of hydrogen-bond acceptors (Lipinski definition) is 5. The number of aromatic nitrogens is 1. The van der Waals surface area contributed by atoms with Gasteiger partial charge in [0.05, 0.1) is 41.6 Å². The van der Waals surface area contributed by atoms with Crippen LogP contribution in [0.1, 0.15) is 61.9 Å². The maximum atomic E-state index is 13.9. The highest BCUT2D eigenvalue weighted by Gasteiger charge is 2.23. The van der Waals surface area contributed by atoms with E-state index in [0.717, 1.165) is 54.0 Å². The van der Waals surface area contributed by atoms with Crippen LogP contribution in [0.3, 0.4) is 0 Å². The Morgan fingerprint density at radius 2 is 1.49 bits per heavy atom. The number of unbranched alkanes of at least 4 members (excludes halogenated alkanes) is 2. The number of hydrogen-bond donors (Lipinski definition) is 1. The number of carbonyl (C=O) groups excluding carboxylic acids is 1. The van der Waals surface area contributed by atoms with Crippen LogP contribution >= 0.6 is 23.7 Å². The summed E-state index contributed by atoms with van der Waals surface area (Å²) in [6, 6.07) is 23.4. The summed E-state index contributed by atoms with van der Waals surface area (Å²) in [6.07, 6.45) is 5.93. The van der Waals surface area contributed by atoms with Gasteiger partial charge in [-0.2, -0.15) is 3.84 Å². The molecule has 0 unspecified atom stereocenters. The second-order valence-corrected chi connectivity index (χ2v) is 10.6. The van der Waals surface area contributed by atoms with E-state index in [1.807, 2.05) is 79.8 Å². The molecule has 0 atom stereocenters. The molecule has 3 aromatic carbocycles. The van der Waals surface area contributed by atoms with Crippen LogP contribution in [0, 0.1) is 0 Å². The summed E-state index contributed by atoms with van der Waals surface area (Å²) in [7, 11) is 2.00. The second kappa shape index (κ2) is 17.0. The predicted molar refractivity (Wildman–Crippen MR) is 172 cm³/mol. The van der Waals surface area contributed by atoms with Crippen molar-refractivity contribution in [2.45, 2.75) is 46.0 Å². The molecule has 0 aliphatic heterocycles. The first-order valence-electron chi connectivity index (χ1n) is 14.3. The third-order valence-electron chi connectivity index (χ3n) is 7.16. The molecule has 1 aromatic heterocycles. The van der Waals surface area contributed by atoms with Gasteiger partial charge in [-0.25, -0.2) is 0 Å². The van der Waals surface area contributed by atoms with Crippen molar-refractivity contribution in [3.8, 4) is 17.0 Å². The summed E-state index contributed by atoms with van der Waals surface area (Å²) in [5, 5.41) is 0.868. The first-order valence-corrected chi connectivity index (χ1v) is 14.9. The van der Waals surface area contributed by atoms with E-state index in [-0.39, 0.29) is 5.78 Å². The molecule has 1 heterocycles. The van der Waals surface area contributed by atoms with Crippen molar-refractivity contribution in [3.63, 3.8) is 0 Å². The number of halogens is 2. The Hall–Kier alpha value is -3.03. The number of ketones is 1. The number of anilines is 1. The number of fused-ring (bicyclic) bond motifs is 1. The Morgan fingerprint density at radius 3 is 2.10 bits per heavy atom. The van der Waals surface area contributed by atoms with Gasteiger partial charge in [0, 0.05) is 35.7 Å². The average Bonchev–Trinajstić information content (AvgIpc) is 3.28. The Labute approximate surface area is 254 Å². The van der Waals surface area contributed by atoms with Gasteiger partial charge in [0.25, 0.3) is 0 Å². The first kappa shape index (κ1) is 32.5. The fraction of sp³-hybridized carbons (Fsp3) is 0.364. The Bertz CT molecular complexity index is 1350. The fourth-order valence-electron chi connectivity index (χ4n) is 5.05. The molecular formula is C33H41Cl2N3O3. The normalized spacial score (nSPS) is 11.0. The molecule has 0 fully saturated rings. The largest absolute Gasteiger partial charge is 0.494 e. The lowest BCUT2D eigenvalue weighted by Gasteiger charge is -2.21. The number of carbonyl (C=O) groups is 1. The molecule has 8 heteroatoms. The van der Waals surface area contributed by atoms with Crippen molar-refractivity contribution < 1.29 is 13.4 Å². The minimum Gasteiger partial charge on any atom is -0.494 e. The molecule has 41 heavy (non-hydrogen) atoms. The summed E-state index contributed by atoms with van der Waals surface area (Å²) in [5.74, 6) is 0.773. The van der Waals surface area contributed by atoms with E-state index in [1.165, 1.54) is 25.7 Å². The standard InChI is InChI=1S/C33H41N3O2.Cl2O/c1-4-6-20-36(21-7-5-2)22-11-23-38-28-17-14-26(15-18-28)33(37)31-29-24-27(34)16-19-30(29)35(3)32(31)25-12-9-8-10-13-25;1-3-2/h8-10,12-19,24H,4-7,11,20-23,34H2,1-3H3;. The van der Waals surface area contributed by atoms with Crippen molar-refractivity contribution in [1.82, 2.24) is 9.47 Å². The van der Waals surface area contributed by atoms with E-state index in [0.29, 0.717) is 23.4 Å². The Balaban J connectivity index is 0.00000147. The summed E-state index contributed by atoms with van der Waals surface area (Å²) < 4.78 is 11.3. The van der Waals surface area contributed by atoms with Gasteiger partial charge in [-0.05, 0) is 80.4 Å². The molecule has 0 amide bonds. The molecule has 0 saturated heterocycles. The minimum absolute atomic E-state index is 0.0194. The van der Waals surface area contributed by atoms with Crippen LogP contribution in [0.15, 0.2) is 72.8 Å². The Kier molecular flexibility index (Phi) is 13.5. The van der Waals surface area contributed by atoms with Crippen molar-refractivity contribution in [2.75, 3.05) is 32.0 Å². The predicted octanol–water partition coefficient (Wildman–Crippen LogP) is 8.64. The summed E-state index contributed by atoms with van der Waals surface area (Å²) in [6.45, 7) is 8.55. The summed E-state index contributed by atoms with van der Waals surface area (Å²) in [4.78, 5) is 16.5. The Morgan fingerprint density at radius 1 is 0.878 bits per heavy atom. The van der Waals surface area contributed by atoms with Crippen molar-refractivity contribution in [2.24, 2.45) is 7.05 Å². The molecule has 4 aromatic rings. The molecule has 0 saturated carbocycles. The lowest BCUT2D eigenvalue weighted by atomic mass is 9.97. The van der Waals surface area contributed by atoms with Gasteiger partial charge in [0.1, 0.15) is 5.75 Å². The molecule has 2 N–H and O–H groups in total. The minimum atomic E-state index is -0.0194. The average molecular weight is 599 g/mol. The number of nitrogen functional groups attached to an aromatic ring is 1. The number of aryl methyl sites for hydroxylation is 1. The van der Waals surface area contributed by atoms with Crippen LogP contribution in [0.25, 0.3) is 22.2 Å². The number of benzene rings is 3. The maximum absolute atomic E-state index is 13.9. The smallest absolute Gasteiger partial charge is 0.195 e. The topological polar surface area (TPSA) is 69.7 Å². The first-order chi connectivity index (χ1) is 19.9. The molecule has 0 aliphatic carbocycles. The van der Waals surface area contributed by atoms with E-state index < -0.39 is 0 Å². The fourth-order valence-corrected chi connectivity index (χ4v) is 5.05. The highest BCUT2D eigenvalue weighted by Crippen LogP contribution is 2.35. The van der Waals surface area contributed by atoms with Gasteiger partial charge in [-0.3, -0.25) is 4.79 Å². The van der Waals surface area contributed by atoms with Crippen LogP contribution in [0.4, 0.5) is 5.69 Å². The maximum Gasteiger partial charge on any atom is 0.195 e. The van der Waals surface area contributed by atoms with E-state index in [4.69, 9.17) is 10.5 Å². The number of rotatable bonds is 14. The van der Waals surface area contributed by atoms with E-state index in [2.05, 4.69) is 50.9 Å². The summed E-state index contributed by atoms with van der Waals surface area (Å²) >= 11 is 8.53. The molecule has 6 nitrogen and oxygen atoms in total. The molecule has 0 spiro atoms. The van der Waals surface area contributed by atoms with Crippen molar-refractivity contribution >= 4 is 46.1 Å². The van der Waals surface area contributed by atoms with Crippen LogP contribution in [-0.2, 0) is 10.9 Å². The van der Waals surface area contributed by atoms with Gasteiger partial charge in [-0.1, -0.05) is 57.0 Å². The number of ether oxygens (including phenoxy) is 1. The van der Waals surface area contributed by atoms with Crippen LogP contribution in [-0.4, -0.2) is 41.5 Å². The highest BCUT2D eigenvalue weighted by molar-refractivity contribution is 6.24. The van der Waals surface area contributed by atoms with Crippen molar-refractivity contribution in [1.29, 1.82) is 0 Å². The van der Waals surface area contributed by atoms with Crippen molar-refractivity contribution in [3.05, 3.63) is 83.9 Å². The molecule has 220 valence electrons. The SMILES string of the molecule is CCCCN(CCCC)CCCOc1ccc(C(=O)c2c(-c3ccccc3)n(C)c3ccc(N)cc23)cc1.ClOCl. The van der Waals surface area contributed by atoms with Crippen LogP contribution in [0.2, 0.25) is 0 Å². The van der Waals surface area contributed by atoms with Crippen LogP contribution < -0.4 is 10.5 Å². The zero-order chi connectivity index (χ0) is 29.6. The van der Waals surface area contributed by atoms with Gasteiger partial charge in [0.2, 0.25) is 0 Å². The quantitative estimate of drug-likeness (QED) is 0.0894. The van der Waals surface area contributed by atoms with Gasteiger partial charge in [-0.15, -0.1) is 0 Å². The van der Waals surface area contributed by atoms with E-state index in [9.17, 15) is 4.79 Å². The monoisotopic (exact) mass is 597 g/mol. The van der Waals surface area contributed by atoms with E-state index >= 15 is 0 Å². The van der Waals surface area contributed by atoms with Gasteiger partial charge in [0.15, 0.2) is 5.78 Å². The molecule has 4 rings (SSSR count). The second-order valence-electron chi connectivity index (χ2n) is 10.1. The molecule has 0 radical (unpaired) electrons. The highest BCUT2D eigenvalue weighted by atomic mass is 35.6. The molecule has 0 bridgehead atoms. The van der Waals surface area contributed by atoms with Gasteiger partial charge < -0.3 is 19.9 Å². The molecule has 0 aliphatic rings. The zero-order valence-electron chi connectivity index (χ0n) is 24.2. The van der Waals surface area contributed by atoms with E-state index in [1.54, 1.807) is 0 Å². The van der Waals surface area contributed by atoms with Gasteiger partial charge >= 0.3 is 0 Å². The third-order valence-corrected chi connectivity index (χ3v) is 7.16. The lowest BCUT2D eigenvalue weighted by Crippen LogP contribution is -2.28. The number of nitrogens with zero attached hydrogens (tertiary/aromatic N) is 2. The summed E-state index contributed by atoms with van der Waals surface area (Å²) in [5.41, 5.74) is 11.0. The molecular weight excluding hydrogens is 557 g/mol. The number of nitrogens with two attached hydrogens (primary N) is 1.